The Morgan fingerprint density at radius 3 is 3.05 bits per heavy atom. The van der Waals surface area contributed by atoms with Crippen LogP contribution in [0.25, 0.3) is 0 Å². The van der Waals surface area contributed by atoms with Gasteiger partial charge in [0.25, 0.3) is 0 Å². The summed E-state index contributed by atoms with van der Waals surface area (Å²) in [5.41, 5.74) is 0. The number of anilines is 1. The van der Waals surface area contributed by atoms with Gasteiger partial charge in [0, 0.05) is 30.7 Å². The molecule has 0 aliphatic carbocycles. The average molecular weight is 341 g/mol. The maximum atomic E-state index is 13.2. The van der Waals surface area contributed by atoms with Crippen molar-refractivity contribution in [3.8, 4) is 0 Å². The van der Waals surface area contributed by atoms with Gasteiger partial charge in [0.1, 0.15) is 5.82 Å². The maximum absolute atomic E-state index is 13.2. The van der Waals surface area contributed by atoms with Crippen molar-refractivity contribution in [1.29, 1.82) is 0 Å². The van der Waals surface area contributed by atoms with Crippen LogP contribution in [0.1, 0.15) is 12.8 Å². The third-order valence-electron chi connectivity index (χ3n) is 3.66. The maximum Gasteiger partial charge on any atom is 0.240 e. The number of sulfonamides is 1. The van der Waals surface area contributed by atoms with Gasteiger partial charge in [0.2, 0.25) is 10.0 Å². The number of nitrogens with zero attached hydrogens (tertiary/aromatic N) is 2. The molecule has 0 saturated carbocycles. The van der Waals surface area contributed by atoms with Crippen molar-refractivity contribution in [2.24, 2.45) is 0 Å². The molecule has 1 aliphatic heterocycles. The largest absolute Gasteiger partial charge is 0.344 e. The predicted molar refractivity (Wildman–Crippen MR) is 84.1 cm³/mol. The van der Waals surface area contributed by atoms with E-state index in [1.54, 1.807) is 17.5 Å². The molecule has 1 unspecified atom stereocenters. The van der Waals surface area contributed by atoms with E-state index in [1.807, 2.05) is 5.38 Å². The van der Waals surface area contributed by atoms with Crippen molar-refractivity contribution < 1.29 is 12.8 Å². The molecule has 118 valence electrons. The van der Waals surface area contributed by atoms with Gasteiger partial charge in [0.15, 0.2) is 5.13 Å². The van der Waals surface area contributed by atoms with E-state index >= 15 is 0 Å². The van der Waals surface area contributed by atoms with Crippen molar-refractivity contribution in [2.75, 3.05) is 18.0 Å². The molecule has 0 bridgehead atoms. The molecule has 0 amide bonds. The number of nitrogens with one attached hydrogen (secondary N) is 1. The summed E-state index contributed by atoms with van der Waals surface area (Å²) in [6, 6.07) is 5.10. The van der Waals surface area contributed by atoms with Crippen LogP contribution in [0, 0.1) is 5.82 Å². The smallest absolute Gasteiger partial charge is 0.240 e. The number of benzene rings is 1. The van der Waals surface area contributed by atoms with Gasteiger partial charge in [-0.25, -0.2) is 22.5 Å². The highest BCUT2D eigenvalue weighted by atomic mass is 32.2. The molecule has 1 fully saturated rings. The van der Waals surface area contributed by atoms with Crippen LogP contribution in [0.3, 0.4) is 0 Å². The second-order valence-corrected chi connectivity index (χ2v) is 7.75. The lowest BCUT2D eigenvalue weighted by atomic mass is 10.2. The minimum absolute atomic E-state index is 0.0497. The third-order valence-corrected chi connectivity index (χ3v) is 5.89. The molecule has 2 aromatic rings. The van der Waals surface area contributed by atoms with Crippen molar-refractivity contribution >= 4 is 26.5 Å². The van der Waals surface area contributed by atoms with Crippen LogP contribution in [-0.4, -0.2) is 32.5 Å². The molecule has 3 rings (SSSR count). The first-order valence-corrected chi connectivity index (χ1v) is 9.34. The quantitative estimate of drug-likeness (QED) is 0.906. The van der Waals surface area contributed by atoms with Crippen LogP contribution >= 0.6 is 11.3 Å². The Morgan fingerprint density at radius 1 is 1.45 bits per heavy atom. The normalized spacial score (nSPS) is 18.8. The highest BCUT2D eigenvalue weighted by molar-refractivity contribution is 7.89. The first-order chi connectivity index (χ1) is 10.6. The zero-order valence-corrected chi connectivity index (χ0v) is 13.4. The molecular formula is C14H16FN3O2S2. The van der Waals surface area contributed by atoms with E-state index in [1.165, 1.54) is 18.2 Å². The molecule has 1 saturated heterocycles. The summed E-state index contributed by atoms with van der Waals surface area (Å²) in [7, 11) is -3.70. The first kappa shape index (κ1) is 15.4. The Bertz CT molecular complexity index is 734. The van der Waals surface area contributed by atoms with Gasteiger partial charge in [-0.15, -0.1) is 11.3 Å². The van der Waals surface area contributed by atoms with E-state index in [2.05, 4.69) is 14.6 Å². The SMILES string of the molecule is O=S(=O)(NCC1CCCN1c1nccs1)c1cccc(F)c1. The number of aromatic nitrogens is 1. The lowest BCUT2D eigenvalue weighted by molar-refractivity contribution is 0.564. The highest BCUT2D eigenvalue weighted by Gasteiger charge is 2.28. The van der Waals surface area contributed by atoms with Gasteiger partial charge in [-0.05, 0) is 31.0 Å². The topological polar surface area (TPSA) is 62.3 Å². The van der Waals surface area contributed by atoms with Crippen LogP contribution in [-0.2, 0) is 10.0 Å². The first-order valence-electron chi connectivity index (χ1n) is 6.97. The van der Waals surface area contributed by atoms with Crippen molar-refractivity contribution in [1.82, 2.24) is 9.71 Å². The number of thiazole rings is 1. The Labute approximate surface area is 132 Å². The minimum Gasteiger partial charge on any atom is -0.344 e. The van der Waals surface area contributed by atoms with Crippen molar-refractivity contribution in [3.05, 3.63) is 41.7 Å². The van der Waals surface area contributed by atoms with E-state index in [-0.39, 0.29) is 10.9 Å². The van der Waals surface area contributed by atoms with E-state index in [0.717, 1.165) is 30.6 Å². The van der Waals surface area contributed by atoms with Crippen molar-refractivity contribution in [3.63, 3.8) is 0 Å². The second-order valence-electron chi connectivity index (χ2n) is 5.11. The van der Waals surface area contributed by atoms with Crippen LogP contribution in [0.4, 0.5) is 9.52 Å². The summed E-state index contributed by atoms with van der Waals surface area (Å²) >= 11 is 1.54. The fraction of sp³-hybridized carbons (Fsp3) is 0.357. The average Bonchev–Trinajstić information content (AvgIpc) is 3.16. The fourth-order valence-corrected chi connectivity index (χ4v) is 4.43. The van der Waals surface area contributed by atoms with Crippen LogP contribution in [0.15, 0.2) is 40.7 Å². The lowest BCUT2D eigenvalue weighted by Crippen LogP contribution is -2.40. The molecule has 1 aliphatic rings. The molecule has 1 aromatic carbocycles. The van der Waals surface area contributed by atoms with Gasteiger partial charge < -0.3 is 4.90 Å². The van der Waals surface area contributed by atoms with Crippen molar-refractivity contribution in [2.45, 2.75) is 23.8 Å². The predicted octanol–water partition coefficient (Wildman–Crippen LogP) is 2.23. The van der Waals surface area contributed by atoms with Gasteiger partial charge in [0.05, 0.1) is 4.90 Å². The van der Waals surface area contributed by atoms with Gasteiger partial charge in [-0.3, -0.25) is 0 Å². The van der Waals surface area contributed by atoms with E-state index < -0.39 is 15.8 Å². The molecular weight excluding hydrogens is 325 g/mol. The Morgan fingerprint density at radius 2 is 2.32 bits per heavy atom. The fourth-order valence-electron chi connectivity index (χ4n) is 2.58. The summed E-state index contributed by atoms with van der Waals surface area (Å²) in [4.78, 5) is 6.35. The molecule has 1 aromatic heterocycles. The molecule has 22 heavy (non-hydrogen) atoms. The van der Waals surface area contributed by atoms with Gasteiger partial charge >= 0.3 is 0 Å². The summed E-state index contributed by atoms with van der Waals surface area (Å²) < 4.78 is 40.2. The zero-order chi connectivity index (χ0) is 15.6. The molecule has 2 heterocycles. The van der Waals surface area contributed by atoms with E-state index in [4.69, 9.17) is 0 Å². The van der Waals surface area contributed by atoms with Gasteiger partial charge in [-0.1, -0.05) is 6.07 Å². The molecule has 5 nitrogen and oxygen atoms in total. The molecule has 1 atom stereocenters. The summed E-state index contributed by atoms with van der Waals surface area (Å²) in [5, 5.41) is 2.81. The van der Waals surface area contributed by atoms with Crippen LogP contribution in [0.2, 0.25) is 0 Å². The van der Waals surface area contributed by atoms with Gasteiger partial charge in [-0.2, -0.15) is 0 Å². The highest BCUT2D eigenvalue weighted by Crippen LogP contribution is 2.27. The second kappa shape index (κ2) is 6.31. The van der Waals surface area contributed by atoms with E-state index in [9.17, 15) is 12.8 Å². The number of hydrogen-bond donors (Lipinski definition) is 1. The number of rotatable bonds is 5. The lowest BCUT2D eigenvalue weighted by Gasteiger charge is -2.24. The summed E-state index contributed by atoms with van der Waals surface area (Å²) in [5.74, 6) is -0.562. The Kier molecular flexibility index (Phi) is 4.42. The van der Waals surface area contributed by atoms with Crippen LogP contribution < -0.4 is 9.62 Å². The Hall–Kier alpha value is -1.51. The van der Waals surface area contributed by atoms with E-state index in [0.29, 0.717) is 6.54 Å². The zero-order valence-electron chi connectivity index (χ0n) is 11.8. The third kappa shape index (κ3) is 3.29. The molecule has 8 heteroatoms. The number of hydrogen-bond acceptors (Lipinski definition) is 5. The summed E-state index contributed by atoms with van der Waals surface area (Å²) in [6.07, 6.45) is 3.66. The standard InChI is InChI=1S/C14H16FN3O2S2/c15-11-3-1-5-13(9-11)22(19,20)17-10-12-4-2-7-18(12)14-16-6-8-21-14/h1,3,5-6,8-9,12,17H,2,4,7,10H2. The Balaban J connectivity index is 1.69. The molecule has 0 spiro atoms. The molecule has 0 radical (unpaired) electrons. The number of halogens is 1. The van der Waals surface area contributed by atoms with Crippen LogP contribution in [0.5, 0.6) is 0 Å². The summed E-state index contributed by atoms with van der Waals surface area (Å²) in [6.45, 7) is 1.16. The minimum atomic E-state index is -3.70. The monoisotopic (exact) mass is 341 g/mol. The molecule has 1 N–H and O–H groups in total.